The molecule has 0 aliphatic carbocycles. The van der Waals surface area contributed by atoms with Crippen molar-refractivity contribution >= 4 is 62.0 Å². The minimum atomic E-state index is -0.570. The van der Waals surface area contributed by atoms with Gasteiger partial charge in [-0.3, -0.25) is 14.9 Å². The number of carbonyl (C=O) groups is 1. The number of oxazole rings is 1. The fourth-order valence-corrected chi connectivity index (χ4v) is 3.96. The zero-order chi connectivity index (χ0) is 23.5. The number of nitrogens with zero attached hydrogens (tertiary/aromatic N) is 2. The van der Waals surface area contributed by atoms with E-state index in [9.17, 15) is 14.9 Å². The van der Waals surface area contributed by atoms with Crippen molar-refractivity contribution in [1.29, 1.82) is 0 Å². The maximum absolute atomic E-state index is 12.2. The van der Waals surface area contributed by atoms with E-state index in [0.717, 1.165) is 27.5 Å². The molecule has 3 aromatic carbocycles. The lowest BCUT2D eigenvalue weighted by atomic mass is 10.1. The van der Waals surface area contributed by atoms with Gasteiger partial charge in [-0.2, -0.15) is 0 Å². The number of rotatable bonds is 6. The maximum atomic E-state index is 12.2. The van der Waals surface area contributed by atoms with E-state index in [1.165, 1.54) is 24.3 Å². The van der Waals surface area contributed by atoms with Gasteiger partial charge in [-0.15, -0.1) is 0 Å². The van der Waals surface area contributed by atoms with Crippen molar-refractivity contribution in [1.82, 2.24) is 4.98 Å². The summed E-state index contributed by atoms with van der Waals surface area (Å²) in [6.07, 6.45) is 3.67. The number of nitrogens with one attached hydrogen (secondary N) is 1. The second-order valence-corrected chi connectivity index (χ2v) is 8.43. The standard InChI is InChI=1S/C24H17BrClN3O4/c1-2-14-11-18(25)23-20(12-14)28-24(33-23)16-5-7-17(8-6-16)27-22(30)10-4-15-3-9-19(26)21(13-15)29(31)32/h3-13H,2H2,1H3,(H,27,30)/b10-4+. The number of hydrogen-bond acceptors (Lipinski definition) is 5. The third-order valence-electron chi connectivity index (χ3n) is 4.91. The molecule has 0 fully saturated rings. The number of nitro groups is 1. The van der Waals surface area contributed by atoms with Gasteiger partial charge in [0.15, 0.2) is 5.58 Å². The molecular weight excluding hydrogens is 510 g/mol. The minimum absolute atomic E-state index is 0.0406. The molecule has 4 rings (SSSR count). The van der Waals surface area contributed by atoms with Crippen LogP contribution in [0.1, 0.15) is 18.1 Å². The van der Waals surface area contributed by atoms with Crippen molar-refractivity contribution in [3.05, 3.63) is 91.4 Å². The van der Waals surface area contributed by atoms with Crippen LogP contribution < -0.4 is 5.32 Å². The van der Waals surface area contributed by atoms with Crippen molar-refractivity contribution in [3.63, 3.8) is 0 Å². The van der Waals surface area contributed by atoms with Gasteiger partial charge < -0.3 is 9.73 Å². The van der Waals surface area contributed by atoms with E-state index in [-0.39, 0.29) is 16.6 Å². The van der Waals surface area contributed by atoms with Crippen molar-refractivity contribution in [3.8, 4) is 11.5 Å². The average molecular weight is 527 g/mol. The van der Waals surface area contributed by atoms with E-state index in [4.69, 9.17) is 16.0 Å². The topological polar surface area (TPSA) is 98.3 Å². The number of nitro benzene ring substituents is 1. The van der Waals surface area contributed by atoms with Gasteiger partial charge in [0.1, 0.15) is 10.5 Å². The Morgan fingerprint density at radius 1 is 1.21 bits per heavy atom. The van der Waals surface area contributed by atoms with Crippen molar-refractivity contribution in [2.45, 2.75) is 13.3 Å². The Kier molecular flexibility index (Phi) is 6.57. The summed E-state index contributed by atoms with van der Waals surface area (Å²) in [6.45, 7) is 2.08. The SMILES string of the molecule is CCc1cc(Br)c2oc(-c3ccc(NC(=O)/C=C/c4ccc(Cl)c([N+](=O)[O-])c4)cc3)nc2c1. The van der Waals surface area contributed by atoms with Crippen LogP contribution in [0.4, 0.5) is 11.4 Å². The summed E-state index contributed by atoms with van der Waals surface area (Å²) in [7, 11) is 0. The molecule has 0 aliphatic heterocycles. The lowest BCUT2D eigenvalue weighted by Gasteiger charge is -2.03. The van der Waals surface area contributed by atoms with Crippen LogP contribution in [0.15, 0.2) is 69.6 Å². The van der Waals surface area contributed by atoms with Gasteiger partial charge in [-0.25, -0.2) is 4.98 Å². The lowest BCUT2D eigenvalue weighted by Crippen LogP contribution is -2.07. The first-order valence-corrected chi connectivity index (χ1v) is 11.1. The predicted molar refractivity (Wildman–Crippen MR) is 132 cm³/mol. The summed E-state index contributed by atoms with van der Waals surface area (Å²) in [6, 6.07) is 15.4. The normalized spacial score (nSPS) is 11.2. The van der Waals surface area contributed by atoms with Crippen molar-refractivity contribution in [2.75, 3.05) is 5.32 Å². The lowest BCUT2D eigenvalue weighted by molar-refractivity contribution is -0.384. The first-order valence-electron chi connectivity index (χ1n) is 9.96. The number of aromatic nitrogens is 1. The zero-order valence-electron chi connectivity index (χ0n) is 17.3. The predicted octanol–water partition coefficient (Wildman–Crippen LogP) is 7.03. The number of anilines is 1. The Morgan fingerprint density at radius 3 is 2.67 bits per heavy atom. The maximum Gasteiger partial charge on any atom is 0.288 e. The highest BCUT2D eigenvalue weighted by Crippen LogP contribution is 2.31. The van der Waals surface area contributed by atoms with E-state index in [1.807, 2.05) is 12.1 Å². The molecule has 0 saturated carbocycles. The van der Waals surface area contributed by atoms with E-state index >= 15 is 0 Å². The zero-order valence-corrected chi connectivity index (χ0v) is 19.7. The first-order chi connectivity index (χ1) is 15.8. The van der Waals surface area contributed by atoms with Gasteiger partial charge in [-0.1, -0.05) is 24.6 Å². The molecule has 9 heteroatoms. The summed E-state index contributed by atoms with van der Waals surface area (Å²) in [4.78, 5) is 27.2. The van der Waals surface area contributed by atoms with E-state index in [0.29, 0.717) is 22.7 Å². The highest BCUT2D eigenvalue weighted by atomic mass is 79.9. The molecule has 33 heavy (non-hydrogen) atoms. The van der Waals surface area contributed by atoms with Crippen LogP contribution in [0.25, 0.3) is 28.6 Å². The molecule has 1 amide bonds. The van der Waals surface area contributed by atoms with Crippen LogP contribution in [0.2, 0.25) is 5.02 Å². The number of aryl methyl sites for hydroxylation is 1. The summed E-state index contributed by atoms with van der Waals surface area (Å²) >= 11 is 9.34. The number of halogens is 2. The Bertz CT molecular complexity index is 1400. The van der Waals surface area contributed by atoms with E-state index in [2.05, 4.69) is 33.2 Å². The fourth-order valence-electron chi connectivity index (χ4n) is 3.20. The first kappa shape index (κ1) is 22.7. The van der Waals surface area contributed by atoms with Crippen molar-refractivity contribution in [2.24, 2.45) is 0 Å². The Labute approximate surface area is 202 Å². The van der Waals surface area contributed by atoms with E-state index in [1.54, 1.807) is 30.3 Å². The third kappa shape index (κ3) is 5.13. The van der Waals surface area contributed by atoms with Gasteiger partial charge in [-0.05, 0) is 82.0 Å². The summed E-state index contributed by atoms with van der Waals surface area (Å²) < 4.78 is 6.77. The second kappa shape index (κ2) is 9.56. The molecule has 4 aromatic rings. The molecule has 1 heterocycles. The monoisotopic (exact) mass is 525 g/mol. The van der Waals surface area contributed by atoms with Gasteiger partial charge >= 0.3 is 0 Å². The number of fused-ring (bicyclic) bond motifs is 1. The smallest absolute Gasteiger partial charge is 0.288 e. The quantitative estimate of drug-likeness (QED) is 0.165. The van der Waals surface area contributed by atoms with Gasteiger partial charge in [0, 0.05) is 23.4 Å². The number of hydrogen-bond donors (Lipinski definition) is 1. The molecule has 0 spiro atoms. The molecule has 166 valence electrons. The molecule has 1 aromatic heterocycles. The van der Waals surface area contributed by atoms with E-state index < -0.39 is 4.92 Å². The van der Waals surface area contributed by atoms with Crippen LogP contribution in [-0.4, -0.2) is 15.8 Å². The average Bonchev–Trinajstić information content (AvgIpc) is 3.23. The van der Waals surface area contributed by atoms with Crippen LogP contribution in [0, 0.1) is 10.1 Å². The molecule has 0 atom stereocenters. The van der Waals surface area contributed by atoms with Gasteiger partial charge in [0.05, 0.1) is 9.40 Å². The highest BCUT2D eigenvalue weighted by Gasteiger charge is 2.13. The number of carbonyl (C=O) groups excluding carboxylic acids is 1. The van der Waals surface area contributed by atoms with Gasteiger partial charge in [0.25, 0.3) is 5.69 Å². The molecule has 0 bridgehead atoms. The number of benzene rings is 3. The summed E-state index contributed by atoms with van der Waals surface area (Å²) in [5.74, 6) is 0.110. The summed E-state index contributed by atoms with van der Waals surface area (Å²) in [5, 5.41) is 13.8. The molecule has 0 saturated heterocycles. The van der Waals surface area contributed by atoms with Gasteiger partial charge in [0.2, 0.25) is 11.8 Å². The number of amides is 1. The Hall–Kier alpha value is -3.49. The minimum Gasteiger partial charge on any atom is -0.435 e. The Balaban J connectivity index is 1.47. The second-order valence-electron chi connectivity index (χ2n) is 7.17. The molecule has 0 unspecified atom stereocenters. The van der Waals surface area contributed by atoms with Crippen LogP contribution in [0.5, 0.6) is 0 Å². The molecular formula is C24H17BrClN3O4. The van der Waals surface area contributed by atoms with Crippen LogP contribution >= 0.6 is 27.5 Å². The third-order valence-corrected chi connectivity index (χ3v) is 5.81. The van der Waals surface area contributed by atoms with Crippen LogP contribution in [-0.2, 0) is 11.2 Å². The highest BCUT2D eigenvalue weighted by molar-refractivity contribution is 9.10. The molecule has 7 nitrogen and oxygen atoms in total. The summed E-state index contributed by atoms with van der Waals surface area (Å²) in [5.41, 5.74) is 4.26. The van der Waals surface area contributed by atoms with Crippen LogP contribution in [0.3, 0.4) is 0 Å². The molecule has 0 radical (unpaired) electrons. The van der Waals surface area contributed by atoms with Crippen molar-refractivity contribution < 1.29 is 14.1 Å². The molecule has 1 N–H and O–H groups in total. The molecule has 0 aliphatic rings. The largest absolute Gasteiger partial charge is 0.435 e. The Morgan fingerprint density at radius 2 is 1.97 bits per heavy atom. The fraction of sp³-hybridized carbons (Fsp3) is 0.0833.